The Morgan fingerprint density at radius 1 is 1.14 bits per heavy atom. The van der Waals surface area contributed by atoms with Crippen molar-refractivity contribution < 1.29 is 4.74 Å². The van der Waals surface area contributed by atoms with Crippen molar-refractivity contribution in [1.82, 2.24) is 0 Å². The highest BCUT2D eigenvalue weighted by atomic mass is 16.5. The average molecular weight is 298 g/mol. The topological polar surface area (TPSA) is 9.23 Å². The molecule has 0 atom stereocenters. The van der Waals surface area contributed by atoms with Crippen molar-refractivity contribution in [2.75, 3.05) is 6.61 Å². The number of hydrogen-bond acceptors (Lipinski definition) is 1. The first-order valence-electron chi connectivity index (χ1n) is 8.72. The number of ether oxygens (including phenoxy) is 1. The van der Waals surface area contributed by atoms with Crippen LogP contribution in [0, 0.1) is 5.92 Å². The molecule has 22 heavy (non-hydrogen) atoms. The van der Waals surface area contributed by atoms with Gasteiger partial charge in [-0.2, -0.15) is 0 Å². The summed E-state index contributed by atoms with van der Waals surface area (Å²) in [6, 6.07) is 9.09. The normalized spacial score (nSPS) is 22.0. The van der Waals surface area contributed by atoms with Gasteiger partial charge in [-0.1, -0.05) is 42.5 Å². The minimum absolute atomic E-state index is 0.726. The van der Waals surface area contributed by atoms with Crippen LogP contribution in [0.4, 0.5) is 0 Å². The third-order valence-corrected chi connectivity index (χ3v) is 4.73. The molecule has 0 saturated heterocycles. The molecule has 1 aliphatic carbocycles. The molecule has 120 valence electrons. The fourth-order valence-corrected chi connectivity index (χ4v) is 3.36. The van der Waals surface area contributed by atoms with Crippen molar-refractivity contribution >= 4 is 0 Å². The number of rotatable bonds is 8. The van der Waals surface area contributed by atoms with Gasteiger partial charge in [0.25, 0.3) is 0 Å². The van der Waals surface area contributed by atoms with Crippen molar-refractivity contribution in [3.8, 4) is 0 Å². The zero-order valence-electron chi connectivity index (χ0n) is 14.0. The maximum atomic E-state index is 5.69. The molecule has 0 radical (unpaired) electrons. The van der Waals surface area contributed by atoms with Gasteiger partial charge in [-0.25, -0.2) is 0 Å². The minimum atomic E-state index is 0.726. The number of allylic oxidation sites excluding steroid dienone is 2. The van der Waals surface area contributed by atoms with Crippen molar-refractivity contribution in [3.63, 3.8) is 0 Å². The van der Waals surface area contributed by atoms with Gasteiger partial charge in [-0.3, -0.25) is 0 Å². The smallest absolute Gasteiger partial charge is 0.0717 e. The van der Waals surface area contributed by atoms with E-state index in [1.54, 1.807) is 0 Å². The molecule has 1 aromatic carbocycles. The summed E-state index contributed by atoms with van der Waals surface area (Å²) in [5.74, 6) is 1.63. The van der Waals surface area contributed by atoms with Gasteiger partial charge in [0, 0.05) is 0 Å². The molecule has 1 fully saturated rings. The molecule has 0 unspecified atom stereocenters. The minimum Gasteiger partial charge on any atom is -0.376 e. The molecule has 1 aliphatic rings. The Balaban J connectivity index is 1.76. The van der Waals surface area contributed by atoms with Crippen LogP contribution in [0.2, 0.25) is 0 Å². The molecule has 2 rings (SSSR count). The van der Waals surface area contributed by atoms with Crippen LogP contribution in [0.1, 0.15) is 62.5 Å². The van der Waals surface area contributed by atoms with E-state index in [4.69, 9.17) is 4.74 Å². The Morgan fingerprint density at radius 2 is 1.86 bits per heavy atom. The van der Waals surface area contributed by atoms with E-state index in [0.29, 0.717) is 0 Å². The molecule has 0 bridgehead atoms. The molecule has 1 aromatic rings. The summed E-state index contributed by atoms with van der Waals surface area (Å²) in [6.45, 7) is 7.44. The summed E-state index contributed by atoms with van der Waals surface area (Å²) < 4.78 is 5.69. The average Bonchev–Trinajstić information content (AvgIpc) is 2.56. The lowest BCUT2D eigenvalue weighted by Crippen LogP contribution is -2.12. The van der Waals surface area contributed by atoms with Gasteiger partial charge in [0.1, 0.15) is 0 Å². The van der Waals surface area contributed by atoms with E-state index in [9.17, 15) is 0 Å². The predicted molar refractivity (Wildman–Crippen MR) is 95.0 cm³/mol. The fourth-order valence-electron chi connectivity index (χ4n) is 3.36. The van der Waals surface area contributed by atoms with Crippen molar-refractivity contribution in [3.05, 3.63) is 60.2 Å². The summed E-state index contributed by atoms with van der Waals surface area (Å²) in [6.07, 6.45) is 13.9. The summed E-state index contributed by atoms with van der Waals surface area (Å²) in [4.78, 5) is 0. The first-order valence-corrected chi connectivity index (χ1v) is 8.72. The maximum absolute atomic E-state index is 5.69. The second-order valence-corrected chi connectivity index (χ2v) is 6.39. The lowest BCUT2D eigenvalue weighted by molar-refractivity contribution is 0.125. The van der Waals surface area contributed by atoms with Crippen LogP contribution in [0.3, 0.4) is 0 Å². The van der Waals surface area contributed by atoms with Crippen LogP contribution >= 0.6 is 0 Å². The molecule has 0 aliphatic heterocycles. The number of benzene rings is 1. The van der Waals surface area contributed by atoms with Gasteiger partial charge in [0.2, 0.25) is 0 Å². The van der Waals surface area contributed by atoms with Gasteiger partial charge >= 0.3 is 0 Å². The largest absolute Gasteiger partial charge is 0.376 e. The van der Waals surface area contributed by atoms with E-state index in [0.717, 1.165) is 31.5 Å². The second-order valence-electron chi connectivity index (χ2n) is 6.39. The molecule has 0 heterocycles. The van der Waals surface area contributed by atoms with Crippen molar-refractivity contribution in [2.24, 2.45) is 5.92 Å². The third-order valence-electron chi connectivity index (χ3n) is 4.73. The summed E-state index contributed by atoms with van der Waals surface area (Å²) in [7, 11) is 0. The summed E-state index contributed by atoms with van der Waals surface area (Å²) >= 11 is 0. The highest BCUT2D eigenvalue weighted by Gasteiger charge is 2.21. The molecule has 0 spiro atoms. The number of hydrogen-bond donors (Lipinski definition) is 0. The Bertz CT molecular complexity index is 449. The van der Waals surface area contributed by atoms with Crippen LogP contribution in [-0.2, 0) is 11.3 Å². The first-order chi connectivity index (χ1) is 10.8. The van der Waals surface area contributed by atoms with Gasteiger partial charge in [0.15, 0.2) is 0 Å². The Labute approximate surface area is 136 Å². The van der Waals surface area contributed by atoms with E-state index in [-0.39, 0.29) is 0 Å². The molecule has 1 saturated carbocycles. The molecule has 0 amide bonds. The maximum Gasteiger partial charge on any atom is 0.0717 e. The van der Waals surface area contributed by atoms with Crippen molar-refractivity contribution in [1.29, 1.82) is 0 Å². The summed E-state index contributed by atoms with van der Waals surface area (Å²) in [5.41, 5.74) is 2.79. The lowest BCUT2D eigenvalue weighted by atomic mass is 9.77. The molecular weight excluding hydrogens is 268 g/mol. The van der Waals surface area contributed by atoms with Crippen LogP contribution < -0.4 is 0 Å². The SMILES string of the molecule is C=CC[C@H]1CC[C@H](c2ccc(COCCC=CC)cc2)CC1. The molecule has 1 nitrogen and oxygen atoms in total. The highest BCUT2D eigenvalue weighted by molar-refractivity contribution is 5.25. The van der Waals surface area contributed by atoms with Crippen LogP contribution in [0.25, 0.3) is 0 Å². The van der Waals surface area contributed by atoms with Gasteiger partial charge < -0.3 is 4.74 Å². The van der Waals surface area contributed by atoms with Gasteiger partial charge in [0.05, 0.1) is 13.2 Å². The molecular formula is C21H30O. The fraction of sp³-hybridized carbons (Fsp3) is 0.524. The molecule has 1 heteroatoms. The van der Waals surface area contributed by atoms with E-state index >= 15 is 0 Å². The van der Waals surface area contributed by atoms with Crippen LogP contribution in [-0.4, -0.2) is 6.61 Å². The van der Waals surface area contributed by atoms with E-state index < -0.39 is 0 Å². The molecule has 0 N–H and O–H groups in total. The monoisotopic (exact) mass is 298 g/mol. The van der Waals surface area contributed by atoms with Crippen molar-refractivity contribution in [2.45, 2.75) is 58.0 Å². The van der Waals surface area contributed by atoms with Gasteiger partial charge in [-0.05, 0) is 68.4 Å². The first kappa shape index (κ1) is 17.0. The summed E-state index contributed by atoms with van der Waals surface area (Å²) in [5, 5.41) is 0. The zero-order valence-corrected chi connectivity index (χ0v) is 14.0. The van der Waals surface area contributed by atoms with E-state index in [2.05, 4.69) is 49.1 Å². The Hall–Kier alpha value is -1.34. The quantitative estimate of drug-likeness (QED) is 0.421. The van der Waals surface area contributed by atoms with Gasteiger partial charge in [-0.15, -0.1) is 6.58 Å². The zero-order chi connectivity index (χ0) is 15.6. The van der Waals surface area contributed by atoms with E-state index in [1.807, 2.05) is 6.92 Å². The standard InChI is InChI=1S/C21H30O/c1-3-5-6-16-22-17-19-10-14-21(15-11-19)20-12-8-18(7-4-2)9-13-20/h3-5,10-11,14-15,18,20H,2,6-9,12-13,16-17H2,1H3/t18-,20-. The second kappa shape index (κ2) is 9.63. The lowest BCUT2D eigenvalue weighted by Gasteiger charge is -2.28. The third kappa shape index (κ3) is 5.46. The molecule has 0 aromatic heterocycles. The van der Waals surface area contributed by atoms with Crippen LogP contribution in [0.5, 0.6) is 0 Å². The van der Waals surface area contributed by atoms with Crippen LogP contribution in [0.15, 0.2) is 49.1 Å². The highest BCUT2D eigenvalue weighted by Crippen LogP contribution is 2.37. The Morgan fingerprint density at radius 3 is 2.50 bits per heavy atom. The Kier molecular flexibility index (Phi) is 7.45. The predicted octanol–water partition coefficient (Wildman–Crippen LogP) is 6.02. The van der Waals surface area contributed by atoms with E-state index in [1.165, 1.54) is 43.2 Å².